The van der Waals surface area contributed by atoms with E-state index in [9.17, 15) is 9.59 Å². The zero-order valence-corrected chi connectivity index (χ0v) is 14.0. The zero-order chi connectivity index (χ0) is 17.8. The van der Waals surface area contributed by atoms with Crippen LogP contribution in [0.3, 0.4) is 0 Å². The van der Waals surface area contributed by atoms with E-state index in [1.807, 2.05) is 0 Å². The number of carbonyl (C=O) groups is 1. The summed E-state index contributed by atoms with van der Waals surface area (Å²) >= 11 is 0. The van der Waals surface area contributed by atoms with Gasteiger partial charge in [0.2, 0.25) is 6.79 Å². The zero-order valence-electron chi connectivity index (χ0n) is 14.0. The number of hydrogen-bond donors (Lipinski definition) is 1. The monoisotopic (exact) mass is 345 g/mol. The molecule has 1 aromatic heterocycles. The van der Waals surface area contributed by atoms with Crippen molar-refractivity contribution in [2.24, 2.45) is 0 Å². The van der Waals surface area contributed by atoms with Gasteiger partial charge in [-0.3, -0.25) is 14.2 Å². The average Bonchev–Trinajstić information content (AvgIpc) is 3.04. The van der Waals surface area contributed by atoms with E-state index in [0.29, 0.717) is 36.0 Å². The van der Waals surface area contributed by atoms with E-state index in [0.717, 1.165) is 0 Å². The van der Waals surface area contributed by atoms with Crippen molar-refractivity contribution in [3.8, 4) is 17.2 Å². The lowest BCUT2D eigenvalue weighted by Crippen LogP contribution is -2.38. The highest BCUT2D eigenvalue weighted by Gasteiger charge is 2.18. The first kappa shape index (κ1) is 16.8. The Kier molecular flexibility index (Phi) is 4.87. The van der Waals surface area contributed by atoms with Crippen molar-refractivity contribution < 1.29 is 19.0 Å². The van der Waals surface area contributed by atoms with Gasteiger partial charge in [-0.1, -0.05) is 0 Å². The number of amides is 1. The Morgan fingerprint density at radius 2 is 2.16 bits per heavy atom. The maximum Gasteiger partial charge on any atom is 0.260 e. The second-order valence-electron chi connectivity index (χ2n) is 5.63. The van der Waals surface area contributed by atoms with Gasteiger partial charge in [0.1, 0.15) is 5.75 Å². The van der Waals surface area contributed by atoms with Gasteiger partial charge in [-0.15, -0.1) is 0 Å². The van der Waals surface area contributed by atoms with Crippen molar-refractivity contribution in [2.45, 2.75) is 26.5 Å². The number of ether oxygens (including phenoxy) is 3. The summed E-state index contributed by atoms with van der Waals surface area (Å²) < 4.78 is 17.6. The second kappa shape index (κ2) is 7.25. The first-order chi connectivity index (χ1) is 12.0. The molecule has 1 atom stereocenters. The van der Waals surface area contributed by atoms with Crippen LogP contribution in [0.1, 0.15) is 12.6 Å². The van der Waals surface area contributed by atoms with Crippen LogP contribution in [0.2, 0.25) is 0 Å². The summed E-state index contributed by atoms with van der Waals surface area (Å²) in [5.41, 5.74) is 0.516. The van der Waals surface area contributed by atoms with Crippen LogP contribution in [-0.4, -0.2) is 34.9 Å². The summed E-state index contributed by atoms with van der Waals surface area (Å²) in [7, 11) is 0. The van der Waals surface area contributed by atoms with Gasteiger partial charge in [-0.2, -0.15) is 0 Å². The van der Waals surface area contributed by atoms with Gasteiger partial charge in [-0.05, 0) is 26.0 Å². The molecule has 0 aliphatic carbocycles. The minimum Gasteiger partial charge on any atom is -0.481 e. The summed E-state index contributed by atoms with van der Waals surface area (Å²) in [4.78, 5) is 27.9. The SMILES string of the molecule is Cc1cc(=O)n(CCNC(=O)C(C)Oc2ccc3c(c2)OCO3)cn1. The molecule has 1 unspecified atom stereocenters. The molecule has 8 heteroatoms. The maximum atomic E-state index is 12.1. The lowest BCUT2D eigenvalue weighted by Gasteiger charge is -2.15. The van der Waals surface area contributed by atoms with Gasteiger partial charge in [0.05, 0.1) is 6.33 Å². The van der Waals surface area contributed by atoms with Crippen LogP contribution in [0, 0.1) is 6.92 Å². The quantitative estimate of drug-likeness (QED) is 0.835. The highest BCUT2D eigenvalue weighted by molar-refractivity contribution is 5.80. The molecule has 2 heterocycles. The summed E-state index contributed by atoms with van der Waals surface area (Å²) in [6.45, 7) is 4.23. The smallest absolute Gasteiger partial charge is 0.260 e. The number of nitrogens with zero attached hydrogens (tertiary/aromatic N) is 2. The van der Waals surface area contributed by atoms with Crippen LogP contribution in [-0.2, 0) is 11.3 Å². The molecule has 1 aliphatic rings. The molecule has 1 aromatic carbocycles. The molecule has 0 saturated carbocycles. The average molecular weight is 345 g/mol. The Labute approximate surface area is 144 Å². The number of nitrogens with one attached hydrogen (secondary N) is 1. The fourth-order valence-electron chi connectivity index (χ4n) is 2.34. The minimum atomic E-state index is -0.687. The number of hydrogen-bond acceptors (Lipinski definition) is 6. The van der Waals surface area contributed by atoms with Crippen molar-refractivity contribution in [1.82, 2.24) is 14.9 Å². The molecule has 0 saturated heterocycles. The van der Waals surface area contributed by atoms with Gasteiger partial charge >= 0.3 is 0 Å². The topological polar surface area (TPSA) is 91.7 Å². The molecule has 0 bridgehead atoms. The Bertz CT molecular complexity index is 833. The molecule has 132 valence electrons. The number of aromatic nitrogens is 2. The molecule has 1 aliphatic heterocycles. The maximum absolute atomic E-state index is 12.1. The van der Waals surface area contributed by atoms with Crippen molar-refractivity contribution in [1.29, 1.82) is 0 Å². The highest BCUT2D eigenvalue weighted by atomic mass is 16.7. The van der Waals surface area contributed by atoms with Gasteiger partial charge < -0.3 is 19.5 Å². The van der Waals surface area contributed by atoms with E-state index in [4.69, 9.17) is 14.2 Å². The lowest BCUT2D eigenvalue weighted by atomic mass is 10.3. The van der Waals surface area contributed by atoms with Gasteiger partial charge in [0, 0.05) is 30.9 Å². The summed E-state index contributed by atoms with van der Waals surface area (Å²) in [5.74, 6) is 1.49. The molecule has 1 amide bonds. The number of aryl methyl sites for hydroxylation is 1. The van der Waals surface area contributed by atoms with Crippen LogP contribution < -0.4 is 25.1 Å². The Balaban J connectivity index is 1.50. The Hall–Kier alpha value is -3.03. The van der Waals surface area contributed by atoms with E-state index in [2.05, 4.69) is 10.3 Å². The second-order valence-corrected chi connectivity index (χ2v) is 5.63. The first-order valence-electron chi connectivity index (χ1n) is 7.90. The fraction of sp³-hybridized carbons (Fsp3) is 0.353. The summed E-state index contributed by atoms with van der Waals surface area (Å²) in [6.07, 6.45) is 0.782. The van der Waals surface area contributed by atoms with Crippen molar-refractivity contribution in [2.75, 3.05) is 13.3 Å². The van der Waals surface area contributed by atoms with Crippen LogP contribution >= 0.6 is 0 Å². The van der Waals surface area contributed by atoms with E-state index in [-0.39, 0.29) is 18.3 Å². The highest BCUT2D eigenvalue weighted by Crippen LogP contribution is 2.35. The third kappa shape index (κ3) is 4.09. The van der Waals surface area contributed by atoms with Crippen molar-refractivity contribution in [3.05, 3.63) is 46.6 Å². The summed E-state index contributed by atoms with van der Waals surface area (Å²) in [5, 5.41) is 2.74. The fourth-order valence-corrected chi connectivity index (χ4v) is 2.34. The van der Waals surface area contributed by atoms with Crippen LogP contribution in [0.4, 0.5) is 0 Å². The minimum absolute atomic E-state index is 0.147. The predicted octanol–water partition coefficient (Wildman–Crippen LogP) is 0.864. The molecule has 0 spiro atoms. The molecule has 3 rings (SSSR count). The molecule has 0 radical (unpaired) electrons. The molecule has 25 heavy (non-hydrogen) atoms. The third-order valence-electron chi connectivity index (χ3n) is 3.69. The molecule has 1 N–H and O–H groups in total. The van der Waals surface area contributed by atoms with Crippen LogP contribution in [0.5, 0.6) is 17.2 Å². The Morgan fingerprint density at radius 1 is 1.36 bits per heavy atom. The number of rotatable bonds is 6. The normalized spacial score (nSPS) is 13.4. The van der Waals surface area contributed by atoms with Crippen molar-refractivity contribution in [3.63, 3.8) is 0 Å². The van der Waals surface area contributed by atoms with Gasteiger partial charge in [0.25, 0.3) is 11.5 Å². The van der Waals surface area contributed by atoms with Crippen molar-refractivity contribution >= 4 is 5.91 Å². The third-order valence-corrected chi connectivity index (χ3v) is 3.69. The number of carbonyl (C=O) groups excluding carboxylic acids is 1. The van der Waals surface area contributed by atoms with E-state index < -0.39 is 6.10 Å². The molecule has 2 aromatic rings. The van der Waals surface area contributed by atoms with Crippen LogP contribution in [0.25, 0.3) is 0 Å². The Morgan fingerprint density at radius 3 is 2.96 bits per heavy atom. The molecule has 8 nitrogen and oxygen atoms in total. The van der Waals surface area contributed by atoms with Gasteiger partial charge in [0.15, 0.2) is 17.6 Å². The molecular formula is C17H19N3O5. The lowest BCUT2D eigenvalue weighted by molar-refractivity contribution is -0.127. The van der Waals surface area contributed by atoms with Gasteiger partial charge in [-0.25, -0.2) is 4.98 Å². The van der Waals surface area contributed by atoms with E-state index in [1.165, 1.54) is 17.0 Å². The molecular weight excluding hydrogens is 326 g/mol. The predicted molar refractivity (Wildman–Crippen MR) is 88.9 cm³/mol. The van der Waals surface area contributed by atoms with E-state index in [1.54, 1.807) is 32.0 Å². The summed E-state index contributed by atoms with van der Waals surface area (Å²) in [6, 6.07) is 6.59. The first-order valence-corrected chi connectivity index (χ1v) is 7.90. The standard InChI is InChI=1S/C17H19N3O5/c1-11-7-16(21)20(9-19-11)6-5-18-17(22)12(2)25-13-3-4-14-15(8-13)24-10-23-14/h3-4,7-9,12H,5-6,10H2,1-2H3,(H,18,22). The molecule has 0 fully saturated rings. The number of benzene rings is 1. The number of fused-ring (bicyclic) bond motifs is 1. The van der Waals surface area contributed by atoms with E-state index >= 15 is 0 Å². The largest absolute Gasteiger partial charge is 0.481 e. The van der Waals surface area contributed by atoms with Crippen LogP contribution in [0.15, 0.2) is 35.4 Å².